The summed E-state index contributed by atoms with van der Waals surface area (Å²) >= 11 is 0. The van der Waals surface area contributed by atoms with Crippen LogP contribution >= 0.6 is 0 Å². The molecule has 1 aliphatic rings. The molecular formula is C22H28F2N4O2. The maximum Gasteiger partial charge on any atom is 0.394 e. The number of nitrogens with zero attached hydrogens (tertiary/aromatic N) is 2. The van der Waals surface area contributed by atoms with Crippen LogP contribution in [0.4, 0.5) is 26.0 Å². The van der Waals surface area contributed by atoms with E-state index in [2.05, 4.69) is 28.9 Å². The Morgan fingerprint density at radius 2 is 1.90 bits per heavy atom. The van der Waals surface area contributed by atoms with Gasteiger partial charge in [-0.1, -0.05) is 13.8 Å². The molecule has 8 heteroatoms. The highest BCUT2D eigenvalue weighted by Crippen LogP contribution is 2.34. The van der Waals surface area contributed by atoms with Crippen LogP contribution in [0, 0.1) is 11.3 Å². The van der Waals surface area contributed by atoms with Crippen LogP contribution in [0.1, 0.15) is 39.2 Å². The van der Waals surface area contributed by atoms with Crippen molar-refractivity contribution < 1.29 is 18.6 Å². The molecule has 2 heterocycles. The largest absolute Gasteiger partial charge is 0.433 e. The molecule has 6 nitrogen and oxygen atoms in total. The van der Waals surface area contributed by atoms with Gasteiger partial charge in [-0.25, -0.2) is 4.98 Å². The number of rotatable bonds is 9. The van der Waals surface area contributed by atoms with Crippen LogP contribution in [-0.4, -0.2) is 41.1 Å². The summed E-state index contributed by atoms with van der Waals surface area (Å²) in [6.45, 7) is 5.77. The predicted octanol–water partition coefficient (Wildman–Crippen LogP) is 4.80. The number of aromatic nitrogens is 1. The van der Waals surface area contributed by atoms with Gasteiger partial charge in [0.05, 0.1) is 17.4 Å². The SMILES string of the molecule is CCC(CC)C(=N)c1c(Nc2ccc(OC(C)(F)F)cc2)ccnc1N1CC(O)C1. The van der Waals surface area contributed by atoms with Crippen LogP contribution in [0.15, 0.2) is 36.5 Å². The molecule has 1 aromatic heterocycles. The molecule has 2 aromatic rings. The van der Waals surface area contributed by atoms with Crippen molar-refractivity contribution in [2.45, 2.75) is 45.8 Å². The van der Waals surface area contributed by atoms with Crippen molar-refractivity contribution in [2.75, 3.05) is 23.3 Å². The highest BCUT2D eigenvalue weighted by molar-refractivity contribution is 6.09. The number of anilines is 3. The molecular weight excluding hydrogens is 390 g/mol. The van der Waals surface area contributed by atoms with Crippen LogP contribution in [-0.2, 0) is 0 Å². The molecule has 0 amide bonds. The average molecular weight is 418 g/mol. The van der Waals surface area contributed by atoms with Crippen LogP contribution in [0.2, 0.25) is 0 Å². The Labute approximate surface area is 175 Å². The highest BCUT2D eigenvalue weighted by Gasteiger charge is 2.31. The van der Waals surface area contributed by atoms with E-state index in [0.717, 1.165) is 12.8 Å². The van der Waals surface area contributed by atoms with Crippen molar-refractivity contribution in [2.24, 2.45) is 5.92 Å². The minimum absolute atomic E-state index is 0.0723. The van der Waals surface area contributed by atoms with Gasteiger partial charge in [0.2, 0.25) is 0 Å². The van der Waals surface area contributed by atoms with E-state index in [1.54, 1.807) is 24.4 Å². The van der Waals surface area contributed by atoms with Gasteiger partial charge < -0.3 is 25.5 Å². The molecule has 0 bridgehead atoms. The van der Waals surface area contributed by atoms with Gasteiger partial charge in [0.1, 0.15) is 11.6 Å². The molecule has 1 aliphatic heterocycles. The Balaban J connectivity index is 1.92. The van der Waals surface area contributed by atoms with E-state index in [4.69, 9.17) is 5.41 Å². The lowest BCUT2D eigenvalue weighted by molar-refractivity contribution is -0.158. The minimum atomic E-state index is -3.24. The van der Waals surface area contributed by atoms with Crippen molar-refractivity contribution in [3.8, 4) is 5.75 Å². The van der Waals surface area contributed by atoms with E-state index in [1.165, 1.54) is 12.1 Å². The molecule has 0 spiro atoms. The molecule has 1 fully saturated rings. The summed E-state index contributed by atoms with van der Waals surface area (Å²) in [6, 6.07) is 8.05. The number of halogens is 2. The van der Waals surface area contributed by atoms with Crippen LogP contribution in [0.3, 0.4) is 0 Å². The van der Waals surface area contributed by atoms with E-state index in [0.29, 0.717) is 48.5 Å². The van der Waals surface area contributed by atoms with Crippen molar-refractivity contribution in [3.05, 3.63) is 42.1 Å². The van der Waals surface area contributed by atoms with Crippen molar-refractivity contribution >= 4 is 22.9 Å². The number of aliphatic hydroxyl groups is 1. The average Bonchev–Trinajstić information content (AvgIpc) is 2.66. The summed E-state index contributed by atoms with van der Waals surface area (Å²) in [5.74, 6) is 0.832. The first-order valence-corrected chi connectivity index (χ1v) is 10.2. The van der Waals surface area contributed by atoms with Crippen molar-refractivity contribution in [1.29, 1.82) is 5.41 Å². The zero-order chi connectivity index (χ0) is 21.9. The van der Waals surface area contributed by atoms with E-state index in [9.17, 15) is 13.9 Å². The van der Waals surface area contributed by atoms with Gasteiger partial charge in [-0.2, -0.15) is 8.78 Å². The lowest BCUT2D eigenvalue weighted by Crippen LogP contribution is -2.51. The van der Waals surface area contributed by atoms with Crippen LogP contribution < -0.4 is 15.0 Å². The molecule has 0 unspecified atom stereocenters. The third kappa shape index (κ3) is 5.05. The quantitative estimate of drug-likeness (QED) is 0.510. The number of nitrogens with one attached hydrogen (secondary N) is 2. The predicted molar refractivity (Wildman–Crippen MR) is 114 cm³/mol. The first-order valence-electron chi connectivity index (χ1n) is 10.2. The number of β-amino-alcohol motifs (C(OH)–C–C–N with tert-alkyl or cyclic N) is 1. The number of benzene rings is 1. The molecule has 0 aliphatic carbocycles. The molecule has 30 heavy (non-hydrogen) atoms. The lowest BCUT2D eigenvalue weighted by atomic mass is 9.90. The van der Waals surface area contributed by atoms with Crippen molar-refractivity contribution in [3.63, 3.8) is 0 Å². The van der Waals surface area contributed by atoms with Crippen LogP contribution in [0.25, 0.3) is 0 Å². The Bertz CT molecular complexity index is 874. The smallest absolute Gasteiger partial charge is 0.394 e. The van der Waals surface area contributed by atoms with E-state index < -0.39 is 6.11 Å². The monoisotopic (exact) mass is 418 g/mol. The molecule has 0 atom stereocenters. The normalized spacial score (nSPS) is 14.6. The second kappa shape index (κ2) is 8.95. The van der Waals surface area contributed by atoms with Gasteiger partial charge in [-0.15, -0.1) is 0 Å². The number of aliphatic hydroxyl groups excluding tert-OH is 1. The zero-order valence-corrected chi connectivity index (χ0v) is 17.5. The second-order valence-electron chi connectivity index (χ2n) is 7.60. The minimum Gasteiger partial charge on any atom is -0.433 e. The van der Waals surface area contributed by atoms with E-state index in [1.807, 2.05) is 4.90 Å². The fraction of sp³-hybridized carbons (Fsp3) is 0.455. The maximum absolute atomic E-state index is 13.0. The standard InChI is InChI=1S/C22H28F2N4O2/c1-4-14(5-2)20(25)19-18(10-11-26-21(19)28-12-16(29)13-28)27-15-6-8-17(9-7-15)30-22(3,23)24/h6-11,14,16,25,29H,4-5,12-13H2,1-3H3,(H,26,27). The maximum atomic E-state index is 13.0. The van der Waals surface area contributed by atoms with Gasteiger partial charge in [0, 0.05) is 43.5 Å². The van der Waals surface area contributed by atoms with Gasteiger partial charge in [-0.3, -0.25) is 0 Å². The van der Waals surface area contributed by atoms with E-state index in [-0.39, 0.29) is 17.8 Å². The molecule has 3 N–H and O–H groups in total. The third-order valence-electron chi connectivity index (χ3n) is 5.19. The molecule has 0 saturated carbocycles. The summed E-state index contributed by atoms with van der Waals surface area (Å²) < 4.78 is 30.6. The summed E-state index contributed by atoms with van der Waals surface area (Å²) in [4.78, 5) is 6.46. The molecule has 1 aromatic carbocycles. The Morgan fingerprint density at radius 3 is 2.43 bits per heavy atom. The number of pyridine rings is 1. The van der Waals surface area contributed by atoms with Gasteiger partial charge in [0.25, 0.3) is 0 Å². The van der Waals surface area contributed by atoms with Crippen molar-refractivity contribution in [1.82, 2.24) is 4.98 Å². The first-order chi connectivity index (χ1) is 14.2. The van der Waals surface area contributed by atoms with Gasteiger partial charge in [0.15, 0.2) is 0 Å². The second-order valence-corrected chi connectivity index (χ2v) is 7.60. The van der Waals surface area contributed by atoms with E-state index >= 15 is 0 Å². The first kappa shape index (κ1) is 22.0. The Hall–Kier alpha value is -2.74. The Kier molecular flexibility index (Phi) is 6.55. The zero-order valence-electron chi connectivity index (χ0n) is 17.5. The number of ether oxygens (including phenoxy) is 1. The number of alkyl halides is 2. The molecule has 0 radical (unpaired) electrons. The molecule has 162 valence electrons. The molecule has 1 saturated heterocycles. The Morgan fingerprint density at radius 1 is 1.27 bits per heavy atom. The lowest BCUT2D eigenvalue weighted by Gasteiger charge is -2.38. The third-order valence-corrected chi connectivity index (χ3v) is 5.19. The fourth-order valence-electron chi connectivity index (χ4n) is 3.56. The fourth-order valence-corrected chi connectivity index (χ4v) is 3.56. The topological polar surface area (TPSA) is 81.5 Å². The highest BCUT2D eigenvalue weighted by atomic mass is 19.3. The summed E-state index contributed by atoms with van der Waals surface area (Å²) in [5.41, 5.74) is 2.60. The van der Waals surface area contributed by atoms with Gasteiger partial charge in [-0.05, 0) is 43.2 Å². The molecule has 3 rings (SSSR count). The van der Waals surface area contributed by atoms with Gasteiger partial charge >= 0.3 is 6.11 Å². The number of hydrogen-bond donors (Lipinski definition) is 3. The van der Waals surface area contributed by atoms with Crippen LogP contribution in [0.5, 0.6) is 5.75 Å². The summed E-state index contributed by atoms with van der Waals surface area (Å²) in [6.07, 6.45) is -0.288. The summed E-state index contributed by atoms with van der Waals surface area (Å²) in [5, 5.41) is 21.8. The summed E-state index contributed by atoms with van der Waals surface area (Å²) in [7, 11) is 0. The number of hydrogen-bond acceptors (Lipinski definition) is 6.